The second-order valence-corrected chi connectivity index (χ2v) is 6.49. The highest BCUT2D eigenvalue weighted by atomic mass is 16.2. The molecule has 7 nitrogen and oxygen atoms in total. The largest absolute Gasteiger partial charge is 0.326 e. The van der Waals surface area contributed by atoms with E-state index in [9.17, 15) is 9.59 Å². The topological polar surface area (TPSA) is 81.8 Å². The van der Waals surface area contributed by atoms with Crippen LogP contribution in [0.4, 0.5) is 5.69 Å². The molecule has 0 fully saturated rings. The molecule has 0 radical (unpaired) electrons. The van der Waals surface area contributed by atoms with Crippen LogP contribution >= 0.6 is 0 Å². The predicted octanol–water partition coefficient (Wildman–Crippen LogP) is 2.83. The van der Waals surface area contributed by atoms with Crippen LogP contribution < -0.4 is 10.9 Å². The zero-order chi connectivity index (χ0) is 19.5. The van der Waals surface area contributed by atoms with Crippen LogP contribution in [0.15, 0.2) is 71.9 Å². The van der Waals surface area contributed by atoms with E-state index in [0.717, 1.165) is 16.8 Å². The second-order valence-electron chi connectivity index (χ2n) is 6.49. The maximum absolute atomic E-state index is 12.4. The van der Waals surface area contributed by atoms with Gasteiger partial charge in [-0.05, 0) is 23.3 Å². The van der Waals surface area contributed by atoms with E-state index in [2.05, 4.69) is 15.4 Å². The van der Waals surface area contributed by atoms with Crippen LogP contribution in [0.3, 0.4) is 0 Å². The van der Waals surface area contributed by atoms with Crippen molar-refractivity contribution in [3.05, 3.63) is 77.5 Å². The maximum atomic E-state index is 12.4. The van der Waals surface area contributed by atoms with Crippen molar-refractivity contribution in [2.75, 3.05) is 5.32 Å². The van der Waals surface area contributed by atoms with E-state index < -0.39 is 0 Å². The summed E-state index contributed by atoms with van der Waals surface area (Å²) in [7, 11) is 1.73. The number of carbonyl (C=O) groups is 1. The lowest BCUT2D eigenvalue weighted by molar-refractivity contribution is -0.116. The van der Waals surface area contributed by atoms with Gasteiger partial charge in [0.15, 0.2) is 5.65 Å². The van der Waals surface area contributed by atoms with Gasteiger partial charge in [-0.1, -0.05) is 42.5 Å². The summed E-state index contributed by atoms with van der Waals surface area (Å²) >= 11 is 0. The molecule has 28 heavy (non-hydrogen) atoms. The van der Waals surface area contributed by atoms with Crippen molar-refractivity contribution in [3.63, 3.8) is 0 Å². The van der Waals surface area contributed by atoms with Gasteiger partial charge in [0.25, 0.3) is 5.56 Å². The number of hydrogen-bond donors (Lipinski definition) is 1. The Morgan fingerprint density at radius 2 is 1.75 bits per heavy atom. The fraction of sp³-hybridized carbons (Fsp3) is 0.143. The summed E-state index contributed by atoms with van der Waals surface area (Å²) in [6.45, 7) is 0.255. The molecule has 0 saturated carbocycles. The van der Waals surface area contributed by atoms with E-state index in [-0.39, 0.29) is 24.4 Å². The number of carbonyl (C=O) groups excluding carboxylic acids is 1. The number of nitrogens with one attached hydrogen (secondary N) is 1. The molecule has 0 atom stereocenters. The minimum Gasteiger partial charge on any atom is -0.326 e. The first-order valence-electron chi connectivity index (χ1n) is 8.94. The lowest BCUT2D eigenvalue weighted by Gasteiger charge is -2.08. The molecule has 1 N–H and O–H groups in total. The Labute approximate surface area is 161 Å². The number of aromatic nitrogens is 4. The summed E-state index contributed by atoms with van der Waals surface area (Å²) < 4.78 is 2.98. The number of anilines is 1. The molecule has 2 heterocycles. The molecule has 0 bridgehead atoms. The number of aryl methyl sites for hydroxylation is 2. The third kappa shape index (κ3) is 3.55. The maximum Gasteiger partial charge on any atom is 0.264 e. The van der Waals surface area contributed by atoms with Gasteiger partial charge in [-0.25, -0.2) is 4.98 Å². The SMILES string of the molecule is Cn1ncc2c(=O)n(CCC(=O)Nc3ccc(-c4ccccc4)cc3)cnc21. The number of rotatable bonds is 5. The Balaban J connectivity index is 1.40. The highest BCUT2D eigenvalue weighted by Gasteiger charge is 2.10. The standard InChI is InChI=1S/C21H19N5O2/c1-25-20-18(13-23-25)21(28)26(14-22-20)12-11-19(27)24-17-9-7-16(8-10-17)15-5-3-2-4-6-15/h2-10,13-14H,11-12H2,1H3,(H,24,27). The fourth-order valence-corrected chi connectivity index (χ4v) is 3.05. The van der Waals surface area contributed by atoms with Crippen molar-refractivity contribution in [1.82, 2.24) is 19.3 Å². The molecule has 0 saturated heterocycles. The Bertz CT molecular complexity index is 1180. The van der Waals surface area contributed by atoms with Gasteiger partial charge in [-0.2, -0.15) is 5.10 Å². The average molecular weight is 373 g/mol. The van der Waals surface area contributed by atoms with E-state index in [0.29, 0.717) is 11.0 Å². The van der Waals surface area contributed by atoms with E-state index in [1.54, 1.807) is 11.7 Å². The molecule has 4 rings (SSSR count). The van der Waals surface area contributed by atoms with Crippen molar-refractivity contribution in [2.24, 2.45) is 7.05 Å². The first kappa shape index (κ1) is 17.7. The van der Waals surface area contributed by atoms with Crippen LogP contribution in [-0.4, -0.2) is 25.2 Å². The molecular weight excluding hydrogens is 354 g/mol. The molecule has 7 heteroatoms. The van der Waals surface area contributed by atoms with Crippen LogP contribution in [0.25, 0.3) is 22.2 Å². The molecule has 2 aromatic carbocycles. The number of hydrogen-bond acceptors (Lipinski definition) is 4. The van der Waals surface area contributed by atoms with Crippen molar-refractivity contribution in [2.45, 2.75) is 13.0 Å². The van der Waals surface area contributed by atoms with Crippen LogP contribution in [0.1, 0.15) is 6.42 Å². The van der Waals surface area contributed by atoms with Crippen LogP contribution in [0.2, 0.25) is 0 Å². The minimum atomic E-state index is -0.196. The Hall–Kier alpha value is -3.74. The molecule has 0 aliphatic rings. The highest BCUT2D eigenvalue weighted by Crippen LogP contribution is 2.21. The van der Waals surface area contributed by atoms with Crippen LogP contribution in [0, 0.1) is 0 Å². The second kappa shape index (κ2) is 7.48. The van der Waals surface area contributed by atoms with Gasteiger partial charge in [-0.15, -0.1) is 0 Å². The van der Waals surface area contributed by atoms with Crippen molar-refractivity contribution < 1.29 is 4.79 Å². The Kier molecular flexibility index (Phi) is 4.72. The number of benzene rings is 2. The van der Waals surface area contributed by atoms with Gasteiger partial charge in [0, 0.05) is 25.7 Å². The fourth-order valence-electron chi connectivity index (χ4n) is 3.05. The van der Waals surface area contributed by atoms with E-state index in [1.165, 1.54) is 17.1 Å². The Morgan fingerprint density at radius 3 is 2.50 bits per heavy atom. The minimum absolute atomic E-state index is 0.161. The van der Waals surface area contributed by atoms with Gasteiger partial charge >= 0.3 is 0 Å². The normalized spacial score (nSPS) is 10.9. The third-order valence-electron chi connectivity index (χ3n) is 4.57. The lowest BCUT2D eigenvalue weighted by atomic mass is 10.1. The van der Waals surface area contributed by atoms with Crippen molar-refractivity contribution in [3.8, 4) is 11.1 Å². The number of fused-ring (bicyclic) bond motifs is 1. The Morgan fingerprint density at radius 1 is 1.04 bits per heavy atom. The van der Waals surface area contributed by atoms with Crippen LogP contribution in [-0.2, 0) is 18.4 Å². The quantitative estimate of drug-likeness (QED) is 0.583. The zero-order valence-corrected chi connectivity index (χ0v) is 15.4. The smallest absolute Gasteiger partial charge is 0.264 e. The first-order valence-corrected chi connectivity index (χ1v) is 8.94. The predicted molar refractivity (Wildman–Crippen MR) is 108 cm³/mol. The molecular formula is C21H19N5O2. The monoisotopic (exact) mass is 373 g/mol. The zero-order valence-electron chi connectivity index (χ0n) is 15.4. The molecule has 140 valence electrons. The third-order valence-corrected chi connectivity index (χ3v) is 4.57. The summed E-state index contributed by atoms with van der Waals surface area (Å²) in [5.41, 5.74) is 3.26. The van der Waals surface area contributed by atoms with Gasteiger partial charge in [0.1, 0.15) is 5.39 Å². The summed E-state index contributed by atoms with van der Waals surface area (Å²) in [4.78, 5) is 28.9. The number of nitrogens with zero attached hydrogens (tertiary/aromatic N) is 4. The molecule has 0 spiro atoms. The van der Waals surface area contributed by atoms with Gasteiger partial charge < -0.3 is 5.32 Å². The van der Waals surface area contributed by atoms with Crippen LogP contribution in [0.5, 0.6) is 0 Å². The first-order chi connectivity index (χ1) is 13.6. The van der Waals surface area contributed by atoms with Gasteiger partial charge in [0.05, 0.1) is 12.5 Å². The average Bonchev–Trinajstić information content (AvgIpc) is 3.10. The van der Waals surface area contributed by atoms with Crippen molar-refractivity contribution >= 4 is 22.6 Å². The molecule has 0 aliphatic heterocycles. The van der Waals surface area contributed by atoms with E-state index in [4.69, 9.17) is 0 Å². The van der Waals surface area contributed by atoms with Gasteiger partial charge in [0.2, 0.25) is 5.91 Å². The summed E-state index contributed by atoms with van der Waals surface area (Å²) in [5, 5.41) is 7.35. The number of amides is 1. The summed E-state index contributed by atoms with van der Waals surface area (Å²) in [5.74, 6) is -0.161. The van der Waals surface area contributed by atoms with Crippen molar-refractivity contribution in [1.29, 1.82) is 0 Å². The molecule has 0 aliphatic carbocycles. The van der Waals surface area contributed by atoms with Gasteiger partial charge in [-0.3, -0.25) is 18.8 Å². The lowest BCUT2D eigenvalue weighted by Crippen LogP contribution is -2.23. The summed E-state index contributed by atoms with van der Waals surface area (Å²) in [6, 6.07) is 17.7. The van der Waals surface area contributed by atoms with E-state index >= 15 is 0 Å². The summed E-state index contributed by atoms with van der Waals surface area (Å²) in [6.07, 6.45) is 3.12. The molecule has 2 aromatic heterocycles. The molecule has 4 aromatic rings. The highest BCUT2D eigenvalue weighted by molar-refractivity contribution is 5.91. The molecule has 0 unspecified atom stereocenters. The molecule has 1 amide bonds. The van der Waals surface area contributed by atoms with E-state index in [1.807, 2.05) is 54.6 Å².